The SMILES string of the molecule is Cc1ccc2cc(C(=O)NCC3CN(C(=O)c4ccco4)C3)[nH]c2c1. The summed E-state index contributed by atoms with van der Waals surface area (Å²) in [5.41, 5.74) is 2.67. The molecule has 6 heteroatoms. The van der Waals surface area contributed by atoms with Crippen LogP contribution < -0.4 is 5.32 Å². The zero-order valence-electron chi connectivity index (χ0n) is 13.9. The smallest absolute Gasteiger partial charge is 0.289 e. The standard InChI is InChI=1S/C19H19N3O3/c1-12-4-5-14-8-16(21-15(14)7-12)18(23)20-9-13-10-22(11-13)19(24)17-3-2-6-25-17/h2-8,13,21H,9-11H2,1H3,(H,20,23). The van der Waals surface area contributed by atoms with Gasteiger partial charge in [0.05, 0.1) is 6.26 Å². The molecule has 4 rings (SSSR count). The minimum absolute atomic E-state index is 0.0986. The minimum atomic E-state index is -0.121. The van der Waals surface area contributed by atoms with E-state index in [1.807, 2.05) is 31.2 Å². The number of aromatic amines is 1. The number of carbonyl (C=O) groups excluding carboxylic acids is 2. The predicted molar refractivity (Wildman–Crippen MR) is 93.5 cm³/mol. The molecule has 25 heavy (non-hydrogen) atoms. The maximum atomic E-state index is 12.3. The van der Waals surface area contributed by atoms with Crippen molar-refractivity contribution >= 4 is 22.7 Å². The van der Waals surface area contributed by atoms with Gasteiger partial charge >= 0.3 is 0 Å². The molecule has 1 aromatic carbocycles. The molecule has 0 aliphatic carbocycles. The Balaban J connectivity index is 1.30. The molecule has 6 nitrogen and oxygen atoms in total. The van der Waals surface area contributed by atoms with Gasteiger partial charge in [0.15, 0.2) is 5.76 Å². The first kappa shape index (κ1) is 15.5. The largest absolute Gasteiger partial charge is 0.459 e. The second-order valence-electron chi connectivity index (χ2n) is 6.54. The highest BCUT2D eigenvalue weighted by molar-refractivity contribution is 5.98. The quantitative estimate of drug-likeness (QED) is 0.768. The van der Waals surface area contributed by atoms with Crippen molar-refractivity contribution in [3.8, 4) is 0 Å². The Morgan fingerprint density at radius 2 is 2.12 bits per heavy atom. The lowest BCUT2D eigenvalue weighted by atomic mass is 9.99. The Kier molecular flexibility index (Phi) is 3.80. The van der Waals surface area contributed by atoms with Crippen molar-refractivity contribution in [2.75, 3.05) is 19.6 Å². The van der Waals surface area contributed by atoms with Crippen LogP contribution in [0.1, 0.15) is 26.6 Å². The normalized spacial score (nSPS) is 14.5. The first-order valence-corrected chi connectivity index (χ1v) is 8.30. The maximum Gasteiger partial charge on any atom is 0.289 e. The number of hydrogen-bond donors (Lipinski definition) is 2. The van der Waals surface area contributed by atoms with Gasteiger partial charge in [-0.25, -0.2) is 0 Å². The zero-order valence-corrected chi connectivity index (χ0v) is 13.9. The Hall–Kier alpha value is -3.02. The number of rotatable bonds is 4. The van der Waals surface area contributed by atoms with Crippen molar-refractivity contribution in [1.29, 1.82) is 0 Å². The maximum absolute atomic E-state index is 12.3. The molecule has 2 amide bonds. The molecule has 3 heterocycles. The summed E-state index contributed by atoms with van der Waals surface area (Å²) in [6, 6.07) is 11.3. The van der Waals surface area contributed by atoms with Gasteiger partial charge in [-0.05, 0) is 36.8 Å². The van der Waals surface area contributed by atoms with Crippen LogP contribution in [-0.4, -0.2) is 41.3 Å². The van der Waals surface area contributed by atoms with Gasteiger partial charge in [-0.3, -0.25) is 9.59 Å². The second-order valence-corrected chi connectivity index (χ2v) is 6.54. The highest BCUT2D eigenvalue weighted by Crippen LogP contribution is 2.19. The number of hydrogen-bond acceptors (Lipinski definition) is 3. The Morgan fingerprint density at radius 1 is 1.28 bits per heavy atom. The Bertz CT molecular complexity index is 921. The fourth-order valence-electron chi connectivity index (χ4n) is 3.12. The summed E-state index contributed by atoms with van der Waals surface area (Å²) in [6.07, 6.45) is 1.49. The van der Waals surface area contributed by atoms with E-state index >= 15 is 0 Å². The van der Waals surface area contributed by atoms with Crippen LogP contribution in [0, 0.1) is 12.8 Å². The van der Waals surface area contributed by atoms with Crippen molar-refractivity contribution < 1.29 is 14.0 Å². The molecule has 1 fully saturated rings. The Morgan fingerprint density at radius 3 is 2.88 bits per heavy atom. The van der Waals surface area contributed by atoms with E-state index in [0.29, 0.717) is 31.1 Å². The van der Waals surface area contributed by atoms with E-state index in [0.717, 1.165) is 16.5 Å². The third-order valence-electron chi connectivity index (χ3n) is 4.55. The van der Waals surface area contributed by atoms with Gasteiger partial charge in [-0.2, -0.15) is 0 Å². The summed E-state index contributed by atoms with van der Waals surface area (Å²) in [6.45, 7) is 3.83. The molecule has 1 saturated heterocycles. The van der Waals surface area contributed by atoms with Gasteiger partial charge in [-0.15, -0.1) is 0 Å². The first-order valence-electron chi connectivity index (χ1n) is 8.30. The molecule has 0 saturated carbocycles. The molecular weight excluding hydrogens is 318 g/mol. The fraction of sp³-hybridized carbons (Fsp3) is 0.263. The molecule has 0 spiro atoms. The van der Waals surface area contributed by atoms with E-state index in [9.17, 15) is 9.59 Å². The van der Waals surface area contributed by atoms with Crippen molar-refractivity contribution in [3.05, 3.63) is 59.7 Å². The molecule has 0 radical (unpaired) electrons. The molecule has 1 aliphatic heterocycles. The van der Waals surface area contributed by atoms with Gasteiger partial charge in [-0.1, -0.05) is 12.1 Å². The molecule has 1 aliphatic rings. The minimum Gasteiger partial charge on any atom is -0.459 e. The average Bonchev–Trinajstić information content (AvgIpc) is 3.21. The lowest BCUT2D eigenvalue weighted by Gasteiger charge is -2.38. The van der Waals surface area contributed by atoms with Crippen LogP contribution in [0.5, 0.6) is 0 Å². The number of fused-ring (bicyclic) bond motifs is 1. The number of nitrogens with one attached hydrogen (secondary N) is 2. The van der Waals surface area contributed by atoms with Gasteiger partial charge in [0, 0.05) is 36.5 Å². The number of likely N-dealkylation sites (tertiary alicyclic amines) is 1. The van der Waals surface area contributed by atoms with E-state index in [-0.39, 0.29) is 17.7 Å². The number of aryl methyl sites for hydroxylation is 1. The predicted octanol–water partition coefficient (Wildman–Crippen LogP) is 2.57. The summed E-state index contributed by atoms with van der Waals surface area (Å²) >= 11 is 0. The molecule has 0 bridgehead atoms. The van der Waals surface area contributed by atoms with Crippen molar-refractivity contribution in [3.63, 3.8) is 0 Å². The number of benzene rings is 1. The van der Waals surface area contributed by atoms with Gasteiger partial charge < -0.3 is 19.6 Å². The molecule has 0 atom stereocenters. The second kappa shape index (κ2) is 6.12. The van der Waals surface area contributed by atoms with Crippen molar-refractivity contribution in [2.45, 2.75) is 6.92 Å². The van der Waals surface area contributed by atoms with Crippen LogP contribution in [0.15, 0.2) is 47.1 Å². The topological polar surface area (TPSA) is 78.3 Å². The summed E-state index contributed by atoms with van der Waals surface area (Å²) in [7, 11) is 0. The van der Waals surface area contributed by atoms with E-state index in [2.05, 4.69) is 10.3 Å². The summed E-state index contributed by atoms with van der Waals surface area (Å²) < 4.78 is 5.12. The third-order valence-corrected chi connectivity index (χ3v) is 4.55. The molecule has 2 N–H and O–H groups in total. The number of carbonyl (C=O) groups is 2. The first-order chi connectivity index (χ1) is 12.1. The van der Waals surface area contributed by atoms with Crippen LogP contribution in [0.25, 0.3) is 10.9 Å². The lowest BCUT2D eigenvalue weighted by molar-refractivity contribution is 0.0466. The number of furan rings is 1. The van der Waals surface area contributed by atoms with Crippen molar-refractivity contribution in [2.24, 2.45) is 5.92 Å². The Labute approximate surface area is 144 Å². The van der Waals surface area contributed by atoms with Crippen LogP contribution in [0.4, 0.5) is 0 Å². The highest BCUT2D eigenvalue weighted by Gasteiger charge is 2.32. The molecule has 0 unspecified atom stereocenters. The number of nitrogens with zero attached hydrogens (tertiary/aromatic N) is 1. The monoisotopic (exact) mass is 337 g/mol. The van der Waals surface area contributed by atoms with Gasteiger partial charge in [0.25, 0.3) is 11.8 Å². The van der Waals surface area contributed by atoms with Gasteiger partial charge in [0.2, 0.25) is 0 Å². The number of H-pyrrole nitrogens is 1. The average molecular weight is 337 g/mol. The van der Waals surface area contributed by atoms with E-state index < -0.39 is 0 Å². The molecule has 2 aromatic heterocycles. The summed E-state index contributed by atoms with van der Waals surface area (Å²) in [5.74, 6) is 0.411. The fourth-order valence-corrected chi connectivity index (χ4v) is 3.12. The van der Waals surface area contributed by atoms with E-state index in [4.69, 9.17) is 4.42 Å². The zero-order chi connectivity index (χ0) is 17.4. The number of aromatic nitrogens is 1. The summed E-state index contributed by atoms with van der Waals surface area (Å²) in [5, 5.41) is 3.96. The van der Waals surface area contributed by atoms with Crippen LogP contribution in [-0.2, 0) is 0 Å². The lowest BCUT2D eigenvalue weighted by Crippen LogP contribution is -2.53. The molecule has 128 valence electrons. The van der Waals surface area contributed by atoms with Crippen molar-refractivity contribution in [1.82, 2.24) is 15.2 Å². The highest BCUT2D eigenvalue weighted by atomic mass is 16.3. The van der Waals surface area contributed by atoms with E-state index in [1.54, 1.807) is 17.0 Å². The van der Waals surface area contributed by atoms with Crippen LogP contribution in [0.3, 0.4) is 0 Å². The molecular formula is C19H19N3O3. The van der Waals surface area contributed by atoms with E-state index in [1.165, 1.54) is 6.26 Å². The van der Waals surface area contributed by atoms with Crippen LogP contribution >= 0.6 is 0 Å². The van der Waals surface area contributed by atoms with Gasteiger partial charge in [0.1, 0.15) is 5.69 Å². The van der Waals surface area contributed by atoms with Crippen LogP contribution in [0.2, 0.25) is 0 Å². The molecule has 3 aromatic rings. The summed E-state index contributed by atoms with van der Waals surface area (Å²) in [4.78, 5) is 29.2. The number of amides is 2. The third kappa shape index (κ3) is 3.03.